The Balaban J connectivity index is 1.65. The molecule has 2 aromatic carbocycles. The Morgan fingerprint density at radius 3 is 2.88 bits per heavy atom. The lowest BCUT2D eigenvalue weighted by atomic mass is 10.2. The maximum Gasteiger partial charge on any atom is 0.237 e. The van der Waals surface area contributed by atoms with E-state index in [9.17, 15) is 14.0 Å². The van der Waals surface area contributed by atoms with Gasteiger partial charge in [0.15, 0.2) is 0 Å². The number of thioether (sulfide) groups is 1. The average molecular weight is 409 g/mol. The van der Waals surface area contributed by atoms with Crippen molar-refractivity contribution >= 4 is 50.9 Å². The molecule has 0 saturated heterocycles. The molecule has 124 valence electrons. The zero-order valence-electron chi connectivity index (χ0n) is 12.6. The van der Waals surface area contributed by atoms with E-state index < -0.39 is 5.82 Å². The highest BCUT2D eigenvalue weighted by atomic mass is 79.9. The van der Waals surface area contributed by atoms with Crippen molar-refractivity contribution in [3.63, 3.8) is 0 Å². The van der Waals surface area contributed by atoms with Crippen LogP contribution in [0.2, 0.25) is 0 Å². The first-order chi connectivity index (χ1) is 11.5. The van der Waals surface area contributed by atoms with Gasteiger partial charge in [0.1, 0.15) is 5.82 Å². The molecule has 0 aliphatic carbocycles. The number of rotatable bonds is 4. The highest BCUT2D eigenvalue weighted by molar-refractivity contribution is 9.10. The minimum atomic E-state index is -0.506. The Kier molecular flexibility index (Phi) is 5.20. The maximum atomic E-state index is 13.8. The van der Waals surface area contributed by atoms with Gasteiger partial charge in [-0.15, -0.1) is 11.8 Å². The molecule has 0 fully saturated rings. The number of anilines is 2. The van der Waals surface area contributed by atoms with E-state index in [4.69, 9.17) is 0 Å². The van der Waals surface area contributed by atoms with Crippen LogP contribution in [0.1, 0.15) is 6.42 Å². The van der Waals surface area contributed by atoms with Gasteiger partial charge in [-0.1, -0.05) is 28.1 Å². The number of amides is 2. The summed E-state index contributed by atoms with van der Waals surface area (Å²) in [6.45, 7) is 0.264. The minimum absolute atomic E-state index is 0.0266. The largest absolute Gasteiger partial charge is 0.324 e. The van der Waals surface area contributed by atoms with Crippen LogP contribution in [-0.4, -0.2) is 24.1 Å². The van der Waals surface area contributed by atoms with Gasteiger partial charge in [0.25, 0.3) is 0 Å². The predicted octanol–water partition coefficient (Wildman–Crippen LogP) is 4.06. The van der Waals surface area contributed by atoms with Crippen molar-refractivity contribution in [2.24, 2.45) is 0 Å². The Morgan fingerprint density at radius 2 is 2.08 bits per heavy atom. The number of hydrogen-bond donors (Lipinski definition) is 1. The van der Waals surface area contributed by atoms with Gasteiger partial charge in [-0.25, -0.2) is 4.39 Å². The van der Waals surface area contributed by atoms with E-state index in [1.807, 2.05) is 24.3 Å². The zero-order valence-corrected chi connectivity index (χ0v) is 15.0. The quantitative estimate of drug-likeness (QED) is 0.829. The average Bonchev–Trinajstić information content (AvgIpc) is 2.56. The molecular formula is C17H14BrFN2O2S. The Labute approximate surface area is 151 Å². The molecule has 0 atom stereocenters. The second-order valence-electron chi connectivity index (χ2n) is 5.22. The summed E-state index contributed by atoms with van der Waals surface area (Å²) < 4.78 is 14.4. The zero-order chi connectivity index (χ0) is 17.1. The molecule has 0 bridgehead atoms. The van der Waals surface area contributed by atoms with E-state index in [1.54, 1.807) is 11.0 Å². The third-order valence-electron chi connectivity index (χ3n) is 3.58. The lowest BCUT2D eigenvalue weighted by Crippen LogP contribution is -2.37. The standard InChI is InChI=1S/C17H14BrFN2O2S/c18-11-5-6-13(12(19)9-11)20-16(22)7-8-21-14-3-1-2-4-15(14)24-10-17(21)23/h1-6,9H,7-8,10H2,(H,20,22). The van der Waals surface area contributed by atoms with Crippen molar-refractivity contribution < 1.29 is 14.0 Å². The number of carbonyl (C=O) groups is 2. The molecule has 0 unspecified atom stereocenters. The second kappa shape index (κ2) is 7.36. The van der Waals surface area contributed by atoms with Gasteiger partial charge in [-0.05, 0) is 30.3 Å². The van der Waals surface area contributed by atoms with E-state index in [-0.39, 0.29) is 30.5 Å². The van der Waals surface area contributed by atoms with E-state index in [1.165, 1.54) is 23.9 Å². The molecule has 24 heavy (non-hydrogen) atoms. The lowest BCUT2D eigenvalue weighted by molar-refractivity contribution is -0.117. The van der Waals surface area contributed by atoms with Crippen molar-refractivity contribution in [2.75, 3.05) is 22.5 Å². The molecule has 1 heterocycles. The van der Waals surface area contributed by atoms with Crippen LogP contribution in [0.3, 0.4) is 0 Å². The molecule has 4 nitrogen and oxygen atoms in total. The highest BCUT2D eigenvalue weighted by Crippen LogP contribution is 2.34. The number of benzene rings is 2. The van der Waals surface area contributed by atoms with Gasteiger partial charge < -0.3 is 10.2 Å². The van der Waals surface area contributed by atoms with E-state index >= 15 is 0 Å². The molecule has 0 radical (unpaired) electrons. The maximum absolute atomic E-state index is 13.8. The van der Waals surface area contributed by atoms with Gasteiger partial charge in [0.05, 0.1) is 17.1 Å². The molecule has 7 heteroatoms. The predicted molar refractivity (Wildman–Crippen MR) is 96.9 cm³/mol. The molecule has 3 rings (SSSR count). The van der Waals surface area contributed by atoms with Crippen LogP contribution in [0.25, 0.3) is 0 Å². The first-order valence-corrected chi connectivity index (χ1v) is 9.09. The van der Waals surface area contributed by atoms with Gasteiger partial charge in [-0.2, -0.15) is 0 Å². The number of carbonyl (C=O) groups excluding carboxylic acids is 2. The summed E-state index contributed by atoms with van der Waals surface area (Å²) in [5, 5.41) is 2.54. The topological polar surface area (TPSA) is 49.4 Å². The van der Waals surface area contributed by atoms with Crippen LogP contribution in [-0.2, 0) is 9.59 Å². The number of fused-ring (bicyclic) bond motifs is 1. The summed E-state index contributed by atoms with van der Waals surface area (Å²) in [6, 6.07) is 12.0. The summed E-state index contributed by atoms with van der Waals surface area (Å²) in [5.41, 5.74) is 0.950. The van der Waals surface area contributed by atoms with Crippen LogP contribution in [0.15, 0.2) is 51.8 Å². The SMILES string of the molecule is O=C(CCN1C(=O)CSc2ccccc21)Nc1ccc(Br)cc1F. The lowest BCUT2D eigenvalue weighted by Gasteiger charge is -2.28. The van der Waals surface area contributed by atoms with Crippen molar-refractivity contribution in [3.05, 3.63) is 52.8 Å². The molecule has 2 aromatic rings. The number of halogens is 2. The van der Waals surface area contributed by atoms with Crippen LogP contribution in [0, 0.1) is 5.82 Å². The van der Waals surface area contributed by atoms with Crippen LogP contribution in [0.5, 0.6) is 0 Å². The molecule has 1 N–H and O–H groups in total. The monoisotopic (exact) mass is 408 g/mol. The fourth-order valence-electron chi connectivity index (χ4n) is 2.42. The molecule has 0 aromatic heterocycles. The third-order valence-corrected chi connectivity index (χ3v) is 5.12. The second-order valence-corrected chi connectivity index (χ2v) is 7.16. The fourth-order valence-corrected chi connectivity index (χ4v) is 3.68. The molecule has 0 spiro atoms. The van der Waals surface area contributed by atoms with Gasteiger partial charge in [0, 0.05) is 22.3 Å². The first-order valence-electron chi connectivity index (χ1n) is 7.31. The smallest absolute Gasteiger partial charge is 0.237 e. The molecule has 1 aliphatic rings. The summed E-state index contributed by atoms with van der Waals surface area (Å²) >= 11 is 4.66. The first kappa shape index (κ1) is 17.0. The van der Waals surface area contributed by atoms with Crippen molar-refractivity contribution in [1.82, 2.24) is 0 Å². The minimum Gasteiger partial charge on any atom is -0.324 e. The highest BCUT2D eigenvalue weighted by Gasteiger charge is 2.24. The van der Waals surface area contributed by atoms with Gasteiger partial charge in [-0.3, -0.25) is 9.59 Å². The Hall–Kier alpha value is -1.86. The summed E-state index contributed by atoms with van der Waals surface area (Å²) in [4.78, 5) is 26.8. The molecular weight excluding hydrogens is 395 g/mol. The molecule has 0 saturated carbocycles. The third kappa shape index (κ3) is 3.79. The van der Waals surface area contributed by atoms with Crippen molar-refractivity contribution in [2.45, 2.75) is 11.3 Å². The van der Waals surface area contributed by atoms with Crippen LogP contribution >= 0.6 is 27.7 Å². The summed E-state index contributed by atoms with van der Waals surface area (Å²) in [5.74, 6) is -0.505. The van der Waals surface area contributed by atoms with Crippen LogP contribution in [0.4, 0.5) is 15.8 Å². The number of para-hydroxylation sites is 1. The molecule has 2 amide bonds. The van der Waals surface area contributed by atoms with Crippen molar-refractivity contribution in [1.29, 1.82) is 0 Å². The van der Waals surface area contributed by atoms with Crippen molar-refractivity contribution in [3.8, 4) is 0 Å². The normalized spacial score (nSPS) is 13.6. The number of nitrogens with one attached hydrogen (secondary N) is 1. The number of nitrogens with zero attached hydrogens (tertiary/aromatic N) is 1. The van der Waals surface area contributed by atoms with Gasteiger partial charge in [0.2, 0.25) is 11.8 Å². The van der Waals surface area contributed by atoms with E-state index in [0.29, 0.717) is 10.2 Å². The van der Waals surface area contributed by atoms with E-state index in [0.717, 1.165) is 10.6 Å². The van der Waals surface area contributed by atoms with E-state index in [2.05, 4.69) is 21.2 Å². The fraction of sp³-hybridized carbons (Fsp3) is 0.176. The molecule has 1 aliphatic heterocycles. The summed E-state index contributed by atoms with van der Waals surface area (Å²) in [7, 11) is 0. The Morgan fingerprint density at radius 1 is 1.29 bits per heavy atom. The van der Waals surface area contributed by atoms with Crippen LogP contribution < -0.4 is 10.2 Å². The summed E-state index contributed by atoms with van der Waals surface area (Å²) in [6.07, 6.45) is 0.0975. The number of hydrogen-bond acceptors (Lipinski definition) is 3. The Bertz CT molecular complexity index is 800. The van der Waals surface area contributed by atoms with Gasteiger partial charge >= 0.3 is 0 Å².